The standard InChI is InChI=1S/C9H15NO5S/c1-14-2-3-15-4-8(11)10-6-16-5-7(10)9(12)13/h7H,2-6H2,1H3,(H,12,13)/t7-/m0/s1. The SMILES string of the molecule is COCCOCC(=O)N1CSC[C@H]1C(=O)O. The Labute approximate surface area is 97.9 Å². The third-order valence-corrected chi connectivity index (χ3v) is 3.16. The molecule has 0 radical (unpaired) electrons. The molecule has 0 bridgehead atoms. The van der Waals surface area contributed by atoms with E-state index in [2.05, 4.69) is 0 Å². The summed E-state index contributed by atoms with van der Waals surface area (Å²) in [5.74, 6) is -0.383. The summed E-state index contributed by atoms with van der Waals surface area (Å²) in [6.45, 7) is 0.666. The number of methoxy groups -OCH3 is 1. The van der Waals surface area contributed by atoms with Crippen LogP contribution in [0.2, 0.25) is 0 Å². The lowest BCUT2D eigenvalue weighted by molar-refractivity contribution is -0.149. The van der Waals surface area contributed by atoms with Crippen LogP contribution in [0.4, 0.5) is 0 Å². The molecule has 0 spiro atoms. The Bertz CT molecular complexity index is 260. The van der Waals surface area contributed by atoms with E-state index < -0.39 is 12.0 Å². The summed E-state index contributed by atoms with van der Waals surface area (Å²) >= 11 is 1.43. The van der Waals surface area contributed by atoms with Gasteiger partial charge in [-0.15, -0.1) is 11.8 Å². The van der Waals surface area contributed by atoms with Crippen LogP contribution in [0.1, 0.15) is 0 Å². The Kier molecular flexibility index (Phi) is 5.58. The molecular formula is C9H15NO5S. The maximum absolute atomic E-state index is 11.6. The van der Waals surface area contributed by atoms with Crippen LogP contribution in [0.5, 0.6) is 0 Å². The molecule has 6 nitrogen and oxygen atoms in total. The second-order valence-corrected chi connectivity index (χ2v) is 4.26. The Hall–Kier alpha value is -0.790. The fourth-order valence-corrected chi connectivity index (χ4v) is 2.45. The molecule has 1 aliphatic rings. The van der Waals surface area contributed by atoms with Crippen molar-refractivity contribution in [1.29, 1.82) is 0 Å². The first kappa shape index (κ1) is 13.3. The minimum Gasteiger partial charge on any atom is -0.480 e. The Balaban J connectivity index is 2.32. The zero-order valence-corrected chi connectivity index (χ0v) is 9.87. The molecule has 1 heterocycles. The molecule has 1 saturated heterocycles. The normalized spacial score (nSPS) is 20.1. The molecule has 1 N–H and O–H groups in total. The molecule has 0 aliphatic carbocycles. The van der Waals surface area contributed by atoms with Gasteiger partial charge in [-0.05, 0) is 0 Å². The van der Waals surface area contributed by atoms with E-state index in [1.54, 1.807) is 7.11 Å². The van der Waals surface area contributed by atoms with Gasteiger partial charge in [0.25, 0.3) is 0 Å². The van der Waals surface area contributed by atoms with Gasteiger partial charge in [-0.1, -0.05) is 0 Å². The summed E-state index contributed by atoms with van der Waals surface area (Å²) < 4.78 is 9.82. The topological polar surface area (TPSA) is 76.1 Å². The Morgan fingerprint density at radius 3 is 2.88 bits per heavy atom. The predicted molar refractivity (Wildman–Crippen MR) is 58.3 cm³/mol. The highest BCUT2D eigenvalue weighted by Gasteiger charge is 2.34. The van der Waals surface area contributed by atoms with E-state index in [9.17, 15) is 9.59 Å². The third-order valence-electron chi connectivity index (χ3n) is 2.15. The Morgan fingerprint density at radius 1 is 1.50 bits per heavy atom. The van der Waals surface area contributed by atoms with Gasteiger partial charge in [0, 0.05) is 12.9 Å². The number of carboxylic acids is 1. The summed E-state index contributed by atoms with van der Waals surface area (Å²) in [6.07, 6.45) is 0. The van der Waals surface area contributed by atoms with E-state index in [-0.39, 0.29) is 12.5 Å². The lowest BCUT2D eigenvalue weighted by Crippen LogP contribution is -2.43. The molecule has 1 rings (SSSR count). The van der Waals surface area contributed by atoms with Gasteiger partial charge in [-0.3, -0.25) is 4.79 Å². The van der Waals surface area contributed by atoms with Crippen LogP contribution in [0.3, 0.4) is 0 Å². The number of rotatable bonds is 6. The minimum absolute atomic E-state index is 0.0896. The van der Waals surface area contributed by atoms with Crippen molar-refractivity contribution in [2.24, 2.45) is 0 Å². The largest absolute Gasteiger partial charge is 0.480 e. The van der Waals surface area contributed by atoms with Crippen molar-refractivity contribution in [3.63, 3.8) is 0 Å². The van der Waals surface area contributed by atoms with E-state index in [0.717, 1.165) is 0 Å². The van der Waals surface area contributed by atoms with Crippen LogP contribution in [0.25, 0.3) is 0 Å². The minimum atomic E-state index is -0.963. The van der Waals surface area contributed by atoms with E-state index in [1.807, 2.05) is 0 Å². The monoisotopic (exact) mass is 249 g/mol. The molecule has 16 heavy (non-hydrogen) atoms. The smallest absolute Gasteiger partial charge is 0.327 e. The average molecular weight is 249 g/mol. The van der Waals surface area contributed by atoms with Crippen LogP contribution >= 0.6 is 11.8 Å². The van der Waals surface area contributed by atoms with E-state index in [4.69, 9.17) is 14.6 Å². The summed E-state index contributed by atoms with van der Waals surface area (Å²) in [5, 5.41) is 8.87. The van der Waals surface area contributed by atoms with Crippen molar-refractivity contribution in [2.75, 3.05) is 38.6 Å². The lowest BCUT2D eigenvalue weighted by Gasteiger charge is -2.20. The van der Waals surface area contributed by atoms with E-state index >= 15 is 0 Å². The fourth-order valence-electron chi connectivity index (χ4n) is 1.28. The molecule has 0 unspecified atom stereocenters. The number of ether oxygens (including phenoxy) is 2. The van der Waals surface area contributed by atoms with Gasteiger partial charge in [0.2, 0.25) is 5.91 Å². The number of carboxylic acid groups (broad SMARTS) is 1. The van der Waals surface area contributed by atoms with Crippen LogP contribution in [0.15, 0.2) is 0 Å². The molecule has 0 saturated carbocycles. The number of amides is 1. The number of carbonyl (C=O) groups is 2. The molecule has 1 atom stereocenters. The van der Waals surface area contributed by atoms with Gasteiger partial charge < -0.3 is 19.5 Å². The zero-order chi connectivity index (χ0) is 12.0. The Morgan fingerprint density at radius 2 is 2.25 bits per heavy atom. The van der Waals surface area contributed by atoms with Gasteiger partial charge in [-0.25, -0.2) is 4.79 Å². The molecule has 92 valence electrons. The number of carbonyl (C=O) groups excluding carboxylic acids is 1. The highest BCUT2D eigenvalue weighted by molar-refractivity contribution is 7.99. The second-order valence-electron chi connectivity index (χ2n) is 3.26. The first-order chi connectivity index (χ1) is 7.66. The van der Waals surface area contributed by atoms with Gasteiger partial charge in [0.1, 0.15) is 12.6 Å². The average Bonchev–Trinajstić information content (AvgIpc) is 2.73. The molecule has 0 aromatic carbocycles. The van der Waals surface area contributed by atoms with Crippen LogP contribution < -0.4 is 0 Å². The number of nitrogens with zero attached hydrogens (tertiary/aromatic N) is 1. The molecule has 7 heteroatoms. The summed E-state index contributed by atoms with van der Waals surface area (Å²) in [7, 11) is 1.54. The highest BCUT2D eigenvalue weighted by Crippen LogP contribution is 2.20. The molecule has 1 fully saturated rings. The quantitative estimate of drug-likeness (QED) is 0.648. The van der Waals surface area contributed by atoms with Crippen LogP contribution in [-0.2, 0) is 19.1 Å². The van der Waals surface area contributed by atoms with Crippen LogP contribution in [-0.4, -0.2) is 66.5 Å². The summed E-state index contributed by atoms with van der Waals surface area (Å²) in [5.41, 5.74) is 0. The number of aliphatic carboxylic acids is 1. The fraction of sp³-hybridized carbons (Fsp3) is 0.778. The summed E-state index contributed by atoms with van der Waals surface area (Å²) in [6, 6.07) is -0.719. The van der Waals surface area contributed by atoms with Crippen molar-refractivity contribution < 1.29 is 24.2 Å². The van der Waals surface area contributed by atoms with Gasteiger partial charge >= 0.3 is 5.97 Å². The van der Waals surface area contributed by atoms with Crippen molar-refractivity contribution in [3.8, 4) is 0 Å². The molecule has 0 aromatic heterocycles. The number of hydrogen-bond acceptors (Lipinski definition) is 5. The van der Waals surface area contributed by atoms with Gasteiger partial charge in [-0.2, -0.15) is 0 Å². The van der Waals surface area contributed by atoms with Gasteiger partial charge in [0.05, 0.1) is 19.1 Å². The maximum Gasteiger partial charge on any atom is 0.327 e. The van der Waals surface area contributed by atoms with Crippen molar-refractivity contribution in [1.82, 2.24) is 4.90 Å². The van der Waals surface area contributed by atoms with E-state index in [1.165, 1.54) is 16.7 Å². The highest BCUT2D eigenvalue weighted by atomic mass is 32.2. The zero-order valence-electron chi connectivity index (χ0n) is 9.05. The number of hydrogen-bond donors (Lipinski definition) is 1. The van der Waals surface area contributed by atoms with E-state index in [0.29, 0.717) is 24.8 Å². The maximum atomic E-state index is 11.6. The molecule has 0 aromatic rings. The van der Waals surface area contributed by atoms with Crippen molar-refractivity contribution >= 4 is 23.6 Å². The first-order valence-corrected chi connectivity index (χ1v) is 5.99. The summed E-state index contributed by atoms with van der Waals surface area (Å²) in [4.78, 5) is 23.8. The number of thioether (sulfide) groups is 1. The van der Waals surface area contributed by atoms with Crippen LogP contribution in [0, 0.1) is 0 Å². The third kappa shape index (κ3) is 3.66. The van der Waals surface area contributed by atoms with Gasteiger partial charge in [0.15, 0.2) is 0 Å². The molecular weight excluding hydrogens is 234 g/mol. The molecule has 1 aliphatic heterocycles. The molecule has 1 amide bonds. The second kappa shape index (κ2) is 6.72. The predicted octanol–water partition coefficient (Wildman–Crippen LogP) is -0.364. The first-order valence-electron chi connectivity index (χ1n) is 4.83. The lowest BCUT2D eigenvalue weighted by atomic mass is 10.3. The van der Waals surface area contributed by atoms with Crippen molar-refractivity contribution in [2.45, 2.75) is 6.04 Å². The van der Waals surface area contributed by atoms with Crippen molar-refractivity contribution in [3.05, 3.63) is 0 Å².